The van der Waals surface area contributed by atoms with E-state index in [0.29, 0.717) is 31.8 Å². The van der Waals surface area contributed by atoms with E-state index in [-0.39, 0.29) is 5.91 Å². The Kier molecular flexibility index (Phi) is 6.86. The van der Waals surface area contributed by atoms with E-state index in [1.807, 2.05) is 0 Å². The molecule has 0 aromatic rings. The van der Waals surface area contributed by atoms with Crippen LogP contribution in [0.25, 0.3) is 0 Å². The Morgan fingerprint density at radius 3 is 2.50 bits per heavy atom. The smallest absolute Gasteiger partial charge is 0.221 e. The Morgan fingerprint density at radius 2 is 2.00 bits per heavy atom. The van der Waals surface area contributed by atoms with Crippen molar-refractivity contribution in [2.75, 3.05) is 25.2 Å². The van der Waals surface area contributed by atoms with Crippen LogP contribution < -0.4 is 10.0 Å². The summed E-state index contributed by atoms with van der Waals surface area (Å²) < 4.78 is 23.6. The van der Waals surface area contributed by atoms with Crippen molar-refractivity contribution >= 4 is 27.5 Å². The number of nitrogens with one attached hydrogen (secondary N) is 2. The van der Waals surface area contributed by atoms with Gasteiger partial charge in [0.15, 0.2) is 0 Å². The van der Waals surface area contributed by atoms with Crippen LogP contribution in [0.2, 0.25) is 0 Å². The molecule has 0 atom stereocenters. The van der Waals surface area contributed by atoms with Gasteiger partial charge in [0.1, 0.15) is 0 Å². The average Bonchev–Trinajstić information content (AvgIpc) is 2.02. The summed E-state index contributed by atoms with van der Waals surface area (Å²) in [5.74, 6) is 0.187. The Labute approximate surface area is 89.3 Å². The molecule has 0 aromatic heterocycles. The van der Waals surface area contributed by atoms with Gasteiger partial charge in [0, 0.05) is 25.4 Å². The number of amides is 1. The zero-order valence-corrected chi connectivity index (χ0v) is 9.62. The molecule has 0 bridgehead atoms. The molecule has 14 heavy (non-hydrogen) atoms. The average molecular weight is 243 g/mol. The van der Waals surface area contributed by atoms with Gasteiger partial charge in [-0.2, -0.15) is 0 Å². The van der Waals surface area contributed by atoms with Crippen molar-refractivity contribution in [2.24, 2.45) is 0 Å². The second-order valence-electron chi connectivity index (χ2n) is 2.81. The molecule has 0 saturated carbocycles. The normalized spacial score (nSPS) is 11.3. The lowest BCUT2D eigenvalue weighted by molar-refractivity contribution is -0.120. The van der Waals surface area contributed by atoms with Gasteiger partial charge in [0.25, 0.3) is 0 Å². The van der Waals surface area contributed by atoms with Crippen LogP contribution in [-0.4, -0.2) is 39.6 Å². The third kappa shape index (κ3) is 9.76. The highest BCUT2D eigenvalue weighted by Crippen LogP contribution is 1.84. The maximum Gasteiger partial charge on any atom is 0.221 e. The minimum atomic E-state index is -3.12. The first-order valence-electron chi connectivity index (χ1n) is 4.23. The molecule has 7 heteroatoms. The third-order valence-electron chi connectivity index (χ3n) is 1.36. The number of sulfonamides is 1. The Balaban J connectivity index is 3.34. The predicted octanol–water partition coefficient (Wildman–Crippen LogP) is -0.329. The van der Waals surface area contributed by atoms with Crippen LogP contribution in [0, 0.1) is 0 Å². The fraction of sp³-hybridized carbons (Fsp3) is 0.857. The van der Waals surface area contributed by atoms with Gasteiger partial charge in [0.2, 0.25) is 15.9 Å². The zero-order chi connectivity index (χ0) is 11.0. The number of hydrogen-bond donors (Lipinski definition) is 2. The first kappa shape index (κ1) is 13.7. The minimum absolute atomic E-state index is 0.112. The number of carbonyl (C=O) groups excluding carboxylic acids is 1. The molecule has 0 rings (SSSR count). The molecule has 0 fully saturated rings. The van der Waals surface area contributed by atoms with Crippen LogP contribution in [0.3, 0.4) is 0 Å². The summed E-state index contributed by atoms with van der Waals surface area (Å²) in [6, 6.07) is 0. The molecule has 0 aliphatic rings. The van der Waals surface area contributed by atoms with Crippen LogP contribution in [0.4, 0.5) is 0 Å². The quantitative estimate of drug-likeness (QED) is 0.474. The number of alkyl halides is 1. The van der Waals surface area contributed by atoms with Gasteiger partial charge in [-0.3, -0.25) is 4.79 Å². The number of hydrogen-bond acceptors (Lipinski definition) is 3. The summed E-state index contributed by atoms with van der Waals surface area (Å²) >= 11 is 5.34. The number of carbonyl (C=O) groups is 1. The fourth-order valence-electron chi connectivity index (χ4n) is 0.748. The first-order valence-corrected chi connectivity index (χ1v) is 6.65. The molecular formula is C7H15ClN2O3S. The van der Waals surface area contributed by atoms with Crippen LogP contribution in [0.15, 0.2) is 0 Å². The highest BCUT2D eigenvalue weighted by atomic mass is 35.5. The van der Waals surface area contributed by atoms with E-state index >= 15 is 0 Å². The molecule has 0 aliphatic heterocycles. The summed E-state index contributed by atoms with van der Waals surface area (Å²) in [7, 11) is -3.12. The highest BCUT2D eigenvalue weighted by molar-refractivity contribution is 7.88. The number of halogens is 1. The third-order valence-corrected chi connectivity index (χ3v) is 2.28. The second kappa shape index (κ2) is 7.03. The molecule has 0 saturated heterocycles. The zero-order valence-electron chi connectivity index (χ0n) is 8.05. The molecule has 1 amide bonds. The second-order valence-corrected chi connectivity index (χ2v) is 5.02. The minimum Gasteiger partial charge on any atom is -0.356 e. The van der Waals surface area contributed by atoms with E-state index in [2.05, 4.69) is 10.0 Å². The van der Waals surface area contributed by atoms with E-state index in [9.17, 15) is 13.2 Å². The van der Waals surface area contributed by atoms with Crippen molar-refractivity contribution in [3.63, 3.8) is 0 Å². The molecule has 5 nitrogen and oxygen atoms in total. The topological polar surface area (TPSA) is 75.3 Å². The molecule has 0 heterocycles. The summed E-state index contributed by atoms with van der Waals surface area (Å²) in [5, 5.41) is 2.61. The van der Waals surface area contributed by atoms with Crippen LogP contribution >= 0.6 is 11.6 Å². The van der Waals surface area contributed by atoms with E-state index < -0.39 is 10.0 Å². The molecule has 84 valence electrons. The van der Waals surface area contributed by atoms with Gasteiger partial charge < -0.3 is 5.32 Å². The van der Waals surface area contributed by atoms with Gasteiger partial charge in [-0.05, 0) is 6.42 Å². The van der Waals surface area contributed by atoms with Crippen molar-refractivity contribution < 1.29 is 13.2 Å². The molecular weight excluding hydrogens is 228 g/mol. The molecule has 0 unspecified atom stereocenters. The Morgan fingerprint density at radius 1 is 1.36 bits per heavy atom. The molecule has 0 aliphatic carbocycles. The molecule has 0 spiro atoms. The van der Waals surface area contributed by atoms with E-state index in [1.165, 1.54) is 0 Å². The number of rotatable bonds is 7. The van der Waals surface area contributed by atoms with Crippen molar-refractivity contribution in [1.82, 2.24) is 10.0 Å². The van der Waals surface area contributed by atoms with Gasteiger partial charge in [-0.1, -0.05) is 0 Å². The molecule has 0 radical (unpaired) electrons. The monoisotopic (exact) mass is 242 g/mol. The summed E-state index contributed by atoms with van der Waals surface area (Å²) in [6.07, 6.45) is 1.96. The van der Waals surface area contributed by atoms with Gasteiger partial charge >= 0.3 is 0 Å². The standard InChI is InChI=1S/C7H15ClN2O3S/c1-14(12,13)10-6-2-5-9-7(11)3-4-8/h10H,2-6H2,1H3,(H,9,11). The van der Waals surface area contributed by atoms with Crippen LogP contribution in [-0.2, 0) is 14.8 Å². The van der Waals surface area contributed by atoms with Crippen molar-refractivity contribution in [3.05, 3.63) is 0 Å². The maximum atomic E-state index is 10.9. The van der Waals surface area contributed by atoms with E-state index in [0.717, 1.165) is 6.26 Å². The lowest BCUT2D eigenvalue weighted by atomic mass is 10.4. The Bertz CT molecular complexity index is 266. The predicted molar refractivity (Wildman–Crippen MR) is 55.8 cm³/mol. The maximum absolute atomic E-state index is 10.9. The fourth-order valence-corrected chi connectivity index (χ4v) is 1.43. The van der Waals surface area contributed by atoms with Crippen LogP contribution in [0.5, 0.6) is 0 Å². The lowest BCUT2D eigenvalue weighted by Gasteiger charge is -2.04. The highest BCUT2D eigenvalue weighted by Gasteiger charge is 2.00. The largest absolute Gasteiger partial charge is 0.356 e. The summed E-state index contributed by atoms with van der Waals surface area (Å²) in [5.41, 5.74) is 0. The molecule has 0 aromatic carbocycles. The lowest BCUT2D eigenvalue weighted by Crippen LogP contribution is -2.29. The van der Waals surface area contributed by atoms with Gasteiger partial charge in [-0.25, -0.2) is 13.1 Å². The van der Waals surface area contributed by atoms with E-state index in [1.54, 1.807) is 0 Å². The summed E-state index contributed by atoms with van der Waals surface area (Å²) in [4.78, 5) is 10.9. The van der Waals surface area contributed by atoms with Gasteiger partial charge in [0.05, 0.1) is 6.26 Å². The molecule has 2 N–H and O–H groups in total. The first-order chi connectivity index (χ1) is 6.45. The van der Waals surface area contributed by atoms with Crippen molar-refractivity contribution in [2.45, 2.75) is 12.8 Å². The summed E-state index contributed by atoms with van der Waals surface area (Å²) in [6.45, 7) is 0.790. The van der Waals surface area contributed by atoms with Gasteiger partial charge in [-0.15, -0.1) is 11.6 Å². The van der Waals surface area contributed by atoms with Crippen molar-refractivity contribution in [1.29, 1.82) is 0 Å². The SMILES string of the molecule is CS(=O)(=O)NCCCNC(=O)CCCl. The van der Waals surface area contributed by atoms with Crippen molar-refractivity contribution in [3.8, 4) is 0 Å². The van der Waals surface area contributed by atoms with Crippen LogP contribution in [0.1, 0.15) is 12.8 Å². The Hall–Kier alpha value is -0.330. The van der Waals surface area contributed by atoms with E-state index in [4.69, 9.17) is 11.6 Å².